The zero-order chi connectivity index (χ0) is 23.4. The Labute approximate surface area is 186 Å². The molecule has 0 saturated carbocycles. The van der Waals surface area contributed by atoms with E-state index in [1.807, 2.05) is 0 Å². The number of benzene rings is 2. The number of hydrogen-bond donors (Lipinski definition) is 1. The van der Waals surface area contributed by atoms with E-state index < -0.39 is 23.3 Å². The summed E-state index contributed by atoms with van der Waals surface area (Å²) in [4.78, 5) is 40.8. The molecular formula is C24H17FN2O6. The van der Waals surface area contributed by atoms with Gasteiger partial charge in [0.15, 0.2) is 16.8 Å². The van der Waals surface area contributed by atoms with Crippen LogP contribution in [0.25, 0.3) is 22.3 Å². The summed E-state index contributed by atoms with van der Waals surface area (Å²) in [7, 11) is 0. The number of pyridine rings is 1. The van der Waals surface area contributed by atoms with Gasteiger partial charge in [-0.25, -0.2) is 14.0 Å². The summed E-state index contributed by atoms with van der Waals surface area (Å²) in [6, 6.07) is 12.6. The molecule has 33 heavy (non-hydrogen) atoms. The number of hydrogen-bond acceptors (Lipinski definition) is 7. The van der Waals surface area contributed by atoms with Crippen molar-refractivity contribution in [3.05, 3.63) is 88.6 Å². The Morgan fingerprint density at radius 1 is 1.12 bits per heavy atom. The van der Waals surface area contributed by atoms with E-state index in [1.54, 1.807) is 19.1 Å². The predicted octanol–water partition coefficient (Wildman–Crippen LogP) is 4.78. The number of para-hydroxylation sites is 1. The number of aromatic nitrogens is 1. The third kappa shape index (κ3) is 4.72. The highest BCUT2D eigenvalue weighted by molar-refractivity contribution is 5.93. The minimum absolute atomic E-state index is 0.00883. The number of halogens is 1. The Morgan fingerprint density at radius 2 is 1.97 bits per heavy atom. The average Bonchev–Trinajstić information content (AvgIpc) is 2.80. The zero-order valence-electron chi connectivity index (χ0n) is 17.3. The molecule has 2 aromatic carbocycles. The number of rotatable bonds is 5. The van der Waals surface area contributed by atoms with Crippen molar-refractivity contribution in [2.45, 2.75) is 6.92 Å². The van der Waals surface area contributed by atoms with Crippen LogP contribution >= 0.6 is 0 Å². The highest BCUT2D eigenvalue weighted by Gasteiger charge is 2.17. The number of anilines is 1. The lowest BCUT2D eigenvalue weighted by Gasteiger charge is -2.13. The molecule has 2 aromatic heterocycles. The molecule has 0 fully saturated rings. The first kappa shape index (κ1) is 21.7. The van der Waals surface area contributed by atoms with Crippen molar-refractivity contribution in [3.63, 3.8) is 0 Å². The smallest absolute Gasteiger partial charge is 0.411 e. The van der Waals surface area contributed by atoms with Gasteiger partial charge >= 0.3 is 12.1 Å². The zero-order valence-corrected chi connectivity index (χ0v) is 17.3. The fraction of sp³-hybridized carbons (Fsp3) is 0.0833. The first-order valence-electron chi connectivity index (χ1n) is 9.89. The van der Waals surface area contributed by atoms with E-state index in [2.05, 4.69) is 10.3 Å². The molecule has 0 aliphatic carbocycles. The van der Waals surface area contributed by atoms with Crippen molar-refractivity contribution in [1.29, 1.82) is 0 Å². The number of esters is 1. The Kier molecular flexibility index (Phi) is 6.12. The summed E-state index contributed by atoms with van der Waals surface area (Å²) in [6.45, 7) is 1.75. The lowest BCUT2D eigenvalue weighted by molar-refractivity contribution is 0.0734. The molecule has 0 radical (unpaired) electrons. The van der Waals surface area contributed by atoms with Gasteiger partial charge in [0.05, 0.1) is 23.2 Å². The van der Waals surface area contributed by atoms with Gasteiger partial charge in [0.2, 0.25) is 0 Å². The number of carbonyl (C=O) groups excluding carboxylic acids is 2. The quantitative estimate of drug-likeness (QED) is 0.346. The molecule has 0 bridgehead atoms. The third-order valence-corrected chi connectivity index (χ3v) is 4.58. The second kappa shape index (κ2) is 9.31. The van der Waals surface area contributed by atoms with Gasteiger partial charge in [0.1, 0.15) is 11.5 Å². The molecule has 0 aliphatic heterocycles. The van der Waals surface area contributed by atoms with E-state index in [4.69, 9.17) is 13.9 Å². The molecule has 166 valence electrons. The van der Waals surface area contributed by atoms with E-state index in [-0.39, 0.29) is 45.9 Å². The minimum atomic E-state index is -0.774. The number of nitrogens with zero attached hydrogens (tertiary/aromatic N) is 1. The van der Waals surface area contributed by atoms with Gasteiger partial charge in [0.25, 0.3) is 0 Å². The molecule has 4 aromatic rings. The number of nitrogens with one attached hydrogen (secondary N) is 1. The Hall–Kier alpha value is -4.53. The molecular weight excluding hydrogens is 431 g/mol. The van der Waals surface area contributed by atoms with Crippen molar-refractivity contribution in [1.82, 2.24) is 4.98 Å². The van der Waals surface area contributed by atoms with Crippen molar-refractivity contribution in [2.24, 2.45) is 0 Å². The van der Waals surface area contributed by atoms with Crippen LogP contribution in [0.1, 0.15) is 17.3 Å². The SMILES string of the molecule is CCOC(=O)Nc1cc(OC(=O)c2cccnc2)ccc1-c1cc(=O)c2cccc(F)c2o1. The largest absolute Gasteiger partial charge is 0.453 e. The first-order chi connectivity index (χ1) is 16.0. The van der Waals surface area contributed by atoms with Crippen LogP contribution < -0.4 is 15.5 Å². The Bertz CT molecular complexity index is 1400. The topological polar surface area (TPSA) is 108 Å². The molecule has 1 N–H and O–H groups in total. The van der Waals surface area contributed by atoms with Gasteiger partial charge in [-0.3, -0.25) is 15.1 Å². The van der Waals surface area contributed by atoms with Crippen LogP contribution in [0.3, 0.4) is 0 Å². The fourth-order valence-corrected chi connectivity index (χ4v) is 3.11. The highest BCUT2D eigenvalue weighted by Crippen LogP contribution is 2.33. The van der Waals surface area contributed by atoms with Crippen LogP contribution in [-0.2, 0) is 4.74 Å². The van der Waals surface area contributed by atoms with Crippen molar-refractivity contribution in [2.75, 3.05) is 11.9 Å². The Balaban J connectivity index is 1.77. The van der Waals surface area contributed by atoms with Crippen LogP contribution in [0.2, 0.25) is 0 Å². The normalized spacial score (nSPS) is 10.6. The summed E-state index contributed by atoms with van der Waals surface area (Å²) in [5, 5.41) is 2.61. The van der Waals surface area contributed by atoms with Gasteiger partial charge in [-0.15, -0.1) is 0 Å². The first-order valence-corrected chi connectivity index (χ1v) is 9.89. The molecule has 0 saturated heterocycles. The summed E-state index contributed by atoms with van der Waals surface area (Å²) < 4.78 is 30.2. The second-order valence-corrected chi connectivity index (χ2v) is 6.78. The fourth-order valence-electron chi connectivity index (χ4n) is 3.11. The van der Waals surface area contributed by atoms with Crippen LogP contribution in [0, 0.1) is 5.82 Å². The lowest BCUT2D eigenvalue weighted by Crippen LogP contribution is -2.15. The molecule has 4 rings (SSSR count). The minimum Gasteiger partial charge on any atom is -0.453 e. The number of amides is 1. The van der Waals surface area contributed by atoms with Crippen LogP contribution in [0.15, 0.2) is 76.2 Å². The molecule has 0 atom stereocenters. The highest BCUT2D eigenvalue weighted by atomic mass is 19.1. The number of fused-ring (bicyclic) bond motifs is 1. The summed E-state index contributed by atoms with van der Waals surface area (Å²) in [6.07, 6.45) is 2.10. The van der Waals surface area contributed by atoms with Crippen molar-refractivity contribution < 1.29 is 27.9 Å². The summed E-state index contributed by atoms with van der Waals surface area (Å²) >= 11 is 0. The van der Waals surface area contributed by atoms with Crippen LogP contribution in [-0.4, -0.2) is 23.7 Å². The summed E-state index contributed by atoms with van der Waals surface area (Å²) in [5.41, 5.74) is -0.0539. The number of carbonyl (C=O) groups is 2. The standard InChI is InChI=1S/C24H17FN2O6/c1-2-31-24(30)27-19-11-15(32-23(29)14-5-4-10-26-13-14)8-9-16(19)21-12-20(28)17-6-3-7-18(25)22(17)33-21/h3-13H,2H2,1H3,(H,27,30). The van der Waals surface area contributed by atoms with E-state index in [1.165, 1.54) is 54.9 Å². The van der Waals surface area contributed by atoms with Crippen LogP contribution in [0.4, 0.5) is 14.9 Å². The third-order valence-electron chi connectivity index (χ3n) is 4.58. The number of ether oxygens (including phenoxy) is 2. The van der Waals surface area contributed by atoms with Gasteiger partial charge in [-0.1, -0.05) is 6.07 Å². The van der Waals surface area contributed by atoms with E-state index in [0.29, 0.717) is 0 Å². The second-order valence-electron chi connectivity index (χ2n) is 6.78. The van der Waals surface area contributed by atoms with E-state index in [0.717, 1.165) is 0 Å². The predicted molar refractivity (Wildman–Crippen MR) is 118 cm³/mol. The molecule has 8 nitrogen and oxygen atoms in total. The molecule has 9 heteroatoms. The molecule has 0 aliphatic rings. The van der Waals surface area contributed by atoms with Crippen molar-refractivity contribution >= 4 is 28.7 Å². The Morgan fingerprint density at radius 3 is 2.73 bits per heavy atom. The molecule has 2 heterocycles. The maximum atomic E-state index is 14.3. The maximum absolute atomic E-state index is 14.3. The summed E-state index contributed by atoms with van der Waals surface area (Å²) in [5.74, 6) is -1.24. The molecule has 0 unspecified atom stereocenters. The van der Waals surface area contributed by atoms with E-state index in [9.17, 15) is 18.8 Å². The molecule has 0 spiro atoms. The lowest BCUT2D eigenvalue weighted by atomic mass is 10.1. The van der Waals surface area contributed by atoms with Crippen LogP contribution in [0.5, 0.6) is 5.75 Å². The monoisotopic (exact) mass is 448 g/mol. The van der Waals surface area contributed by atoms with Gasteiger partial charge in [0, 0.05) is 30.1 Å². The van der Waals surface area contributed by atoms with Gasteiger partial charge in [-0.05, 0) is 43.3 Å². The van der Waals surface area contributed by atoms with Crippen molar-refractivity contribution in [3.8, 4) is 17.1 Å². The maximum Gasteiger partial charge on any atom is 0.411 e. The average molecular weight is 448 g/mol. The van der Waals surface area contributed by atoms with Gasteiger partial charge in [-0.2, -0.15) is 0 Å². The van der Waals surface area contributed by atoms with Gasteiger partial charge < -0.3 is 13.9 Å². The molecule has 1 amide bonds. The van der Waals surface area contributed by atoms with E-state index >= 15 is 0 Å².